The molecule has 202 valence electrons. The summed E-state index contributed by atoms with van der Waals surface area (Å²) in [5.41, 5.74) is 11.9. The van der Waals surface area contributed by atoms with Crippen LogP contribution in [0.3, 0.4) is 0 Å². The van der Waals surface area contributed by atoms with Crippen LogP contribution in [0.5, 0.6) is 0 Å². The number of carbonyl (C=O) groups excluding carboxylic acids is 1. The van der Waals surface area contributed by atoms with E-state index in [0.29, 0.717) is 28.5 Å². The van der Waals surface area contributed by atoms with Gasteiger partial charge in [-0.05, 0) is 42.7 Å². The van der Waals surface area contributed by atoms with Crippen molar-refractivity contribution in [2.75, 3.05) is 18.4 Å². The number of nitrogens with zero attached hydrogens (tertiary/aromatic N) is 6. The highest BCUT2D eigenvalue weighted by molar-refractivity contribution is 5.97. The van der Waals surface area contributed by atoms with Gasteiger partial charge in [0.25, 0.3) is 0 Å². The van der Waals surface area contributed by atoms with Crippen LogP contribution in [0.2, 0.25) is 0 Å². The molecule has 2 aromatic heterocycles. The lowest BCUT2D eigenvalue weighted by molar-refractivity contribution is 0.100. The highest BCUT2D eigenvalue weighted by Crippen LogP contribution is 2.31. The first-order valence-corrected chi connectivity index (χ1v) is 13.5. The van der Waals surface area contributed by atoms with Crippen LogP contribution < -0.4 is 11.1 Å². The van der Waals surface area contributed by atoms with Crippen LogP contribution in [0, 0.1) is 11.3 Å². The van der Waals surface area contributed by atoms with Gasteiger partial charge in [0.2, 0.25) is 11.7 Å². The van der Waals surface area contributed by atoms with E-state index in [2.05, 4.69) is 44.5 Å². The number of aromatic nitrogens is 4. The van der Waals surface area contributed by atoms with E-state index in [1.165, 1.54) is 5.56 Å². The maximum atomic E-state index is 11.8. The maximum Gasteiger partial charge on any atom is 0.248 e. The van der Waals surface area contributed by atoms with Gasteiger partial charge in [0.05, 0.1) is 22.4 Å². The fraction of sp³-hybridized carbons (Fsp3) is 0.188. The predicted molar refractivity (Wildman–Crippen MR) is 158 cm³/mol. The Morgan fingerprint density at radius 1 is 0.902 bits per heavy atom. The Morgan fingerprint density at radius 3 is 2.32 bits per heavy atom. The highest BCUT2D eigenvalue weighted by Gasteiger charge is 2.20. The van der Waals surface area contributed by atoms with Gasteiger partial charge in [0.15, 0.2) is 0 Å². The monoisotopic (exact) mass is 540 g/mol. The standard InChI is InChI=1S/C32H28N8O/c33-19-29-35-15-12-28(39-29)36-25-13-16-40(17-14-25)20-21-6-8-23(9-7-21)31-30(22-4-2-1-3-5-22)37-26-11-10-24(32(34)41)18-27(26)38-31/h1-12,15,18,25H,13-14,16-17,20H2,(H2,34,41)(H,35,36,39). The number of hydrogen-bond donors (Lipinski definition) is 2. The van der Waals surface area contributed by atoms with Gasteiger partial charge in [-0.3, -0.25) is 9.69 Å². The molecule has 0 aliphatic carbocycles. The molecular weight excluding hydrogens is 512 g/mol. The fourth-order valence-corrected chi connectivity index (χ4v) is 5.17. The van der Waals surface area contributed by atoms with Gasteiger partial charge < -0.3 is 11.1 Å². The first kappa shape index (κ1) is 26.0. The van der Waals surface area contributed by atoms with Crippen LogP contribution in [0.15, 0.2) is 85.1 Å². The van der Waals surface area contributed by atoms with Gasteiger partial charge in [-0.1, -0.05) is 54.6 Å². The van der Waals surface area contributed by atoms with E-state index in [0.717, 1.165) is 55.0 Å². The maximum absolute atomic E-state index is 11.8. The summed E-state index contributed by atoms with van der Waals surface area (Å²) in [7, 11) is 0. The number of nitrogens with two attached hydrogens (primary N) is 1. The molecule has 0 unspecified atom stereocenters. The van der Waals surface area contributed by atoms with Crippen molar-refractivity contribution in [1.29, 1.82) is 5.26 Å². The third-order valence-electron chi connectivity index (χ3n) is 7.32. The molecule has 9 heteroatoms. The van der Waals surface area contributed by atoms with Crippen LogP contribution in [0.25, 0.3) is 33.5 Å². The number of hydrogen-bond acceptors (Lipinski definition) is 8. The summed E-state index contributed by atoms with van der Waals surface area (Å²) in [4.78, 5) is 32.3. The molecule has 0 radical (unpaired) electrons. The van der Waals surface area contributed by atoms with E-state index < -0.39 is 5.91 Å². The van der Waals surface area contributed by atoms with Crippen molar-refractivity contribution >= 4 is 22.8 Å². The summed E-state index contributed by atoms with van der Waals surface area (Å²) in [6, 6.07) is 27.7. The molecular formula is C32H28N8O. The van der Waals surface area contributed by atoms with Gasteiger partial charge in [-0.15, -0.1) is 0 Å². The van der Waals surface area contributed by atoms with Crippen molar-refractivity contribution in [3.05, 3.63) is 102 Å². The number of piperidine rings is 1. The number of fused-ring (bicyclic) bond motifs is 1. The quantitative estimate of drug-likeness (QED) is 0.301. The molecule has 0 saturated carbocycles. The number of amides is 1. The fourth-order valence-electron chi connectivity index (χ4n) is 5.17. The molecule has 1 aliphatic heterocycles. The first-order chi connectivity index (χ1) is 20.1. The number of benzene rings is 3. The van der Waals surface area contributed by atoms with Crippen LogP contribution in [-0.2, 0) is 6.54 Å². The number of rotatable bonds is 7. The average Bonchev–Trinajstić information content (AvgIpc) is 3.02. The van der Waals surface area contributed by atoms with Gasteiger partial charge in [-0.2, -0.15) is 5.26 Å². The lowest BCUT2D eigenvalue weighted by Crippen LogP contribution is -2.38. The Kier molecular flexibility index (Phi) is 7.30. The molecule has 1 saturated heterocycles. The summed E-state index contributed by atoms with van der Waals surface area (Å²) in [5.74, 6) is 0.383. The number of primary amides is 1. The van der Waals surface area contributed by atoms with Crippen molar-refractivity contribution in [1.82, 2.24) is 24.8 Å². The summed E-state index contributed by atoms with van der Waals surface area (Å²) in [6.45, 7) is 2.79. The van der Waals surface area contributed by atoms with Gasteiger partial charge >= 0.3 is 0 Å². The molecule has 41 heavy (non-hydrogen) atoms. The second kappa shape index (κ2) is 11.5. The zero-order chi connectivity index (χ0) is 28.2. The number of carbonyl (C=O) groups is 1. The second-order valence-corrected chi connectivity index (χ2v) is 10.1. The normalized spacial score (nSPS) is 14.0. The zero-order valence-corrected chi connectivity index (χ0v) is 22.4. The molecule has 1 amide bonds. The van der Waals surface area contributed by atoms with Crippen LogP contribution >= 0.6 is 0 Å². The number of nitriles is 1. The smallest absolute Gasteiger partial charge is 0.248 e. The van der Waals surface area contributed by atoms with Gasteiger partial charge in [0, 0.05) is 48.6 Å². The van der Waals surface area contributed by atoms with E-state index in [9.17, 15) is 4.79 Å². The summed E-state index contributed by atoms with van der Waals surface area (Å²) < 4.78 is 0. The van der Waals surface area contributed by atoms with Gasteiger partial charge in [0.1, 0.15) is 11.9 Å². The molecule has 5 aromatic rings. The first-order valence-electron chi connectivity index (χ1n) is 13.5. The third-order valence-corrected chi connectivity index (χ3v) is 7.32. The van der Waals surface area contributed by atoms with E-state index in [1.807, 2.05) is 36.4 Å². The molecule has 3 N–H and O–H groups in total. The molecule has 0 bridgehead atoms. The summed E-state index contributed by atoms with van der Waals surface area (Å²) in [5, 5.41) is 12.5. The molecule has 9 nitrogen and oxygen atoms in total. The molecule has 3 aromatic carbocycles. The third kappa shape index (κ3) is 5.88. The minimum absolute atomic E-state index is 0.178. The molecule has 0 atom stereocenters. The Morgan fingerprint density at radius 2 is 1.61 bits per heavy atom. The number of anilines is 1. The Bertz CT molecular complexity index is 1740. The van der Waals surface area contributed by atoms with E-state index in [-0.39, 0.29) is 5.82 Å². The molecule has 1 fully saturated rings. The van der Waals surface area contributed by atoms with Crippen LogP contribution in [-0.4, -0.2) is 49.9 Å². The molecule has 1 aliphatic rings. The van der Waals surface area contributed by atoms with Crippen LogP contribution in [0.1, 0.15) is 34.6 Å². The van der Waals surface area contributed by atoms with Crippen molar-refractivity contribution in [3.8, 4) is 28.6 Å². The number of nitrogens with one attached hydrogen (secondary N) is 1. The van der Waals surface area contributed by atoms with Crippen molar-refractivity contribution in [2.24, 2.45) is 5.73 Å². The Labute approximate surface area is 237 Å². The molecule has 3 heterocycles. The Balaban J connectivity index is 1.18. The Hall–Kier alpha value is -5.20. The zero-order valence-electron chi connectivity index (χ0n) is 22.4. The van der Waals surface area contributed by atoms with E-state index >= 15 is 0 Å². The average molecular weight is 541 g/mol. The number of likely N-dealkylation sites (tertiary alicyclic amines) is 1. The topological polar surface area (TPSA) is 134 Å². The molecule has 0 spiro atoms. The van der Waals surface area contributed by atoms with Crippen LogP contribution in [0.4, 0.5) is 5.82 Å². The second-order valence-electron chi connectivity index (χ2n) is 10.1. The summed E-state index contributed by atoms with van der Waals surface area (Å²) in [6.07, 6.45) is 3.59. The van der Waals surface area contributed by atoms with E-state index in [1.54, 1.807) is 30.5 Å². The summed E-state index contributed by atoms with van der Waals surface area (Å²) >= 11 is 0. The SMILES string of the molecule is N#Cc1nccc(NC2CCN(Cc3ccc(-c4nc5cc(C(N)=O)ccc5nc4-c4ccccc4)cc3)CC2)n1. The lowest BCUT2D eigenvalue weighted by atomic mass is 10.0. The largest absolute Gasteiger partial charge is 0.367 e. The lowest BCUT2D eigenvalue weighted by Gasteiger charge is -2.32. The van der Waals surface area contributed by atoms with E-state index in [4.69, 9.17) is 21.0 Å². The minimum Gasteiger partial charge on any atom is -0.367 e. The van der Waals surface area contributed by atoms with Crippen molar-refractivity contribution < 1.29 is 4.79 Å². The molecule has 6 rings (SSSR count). The van der Waals surface area contributed by atoms with Crippen molar-refractivity contribution in [3.63, 3.8) is 0 Å². The highest BCUT2D eigenvalue weighted by atomic mass is 16.1. The minimum atomic E-state index is -0.492. The predicted octanol–water partition coefficient (Wildman–Crippen LogP) is 4.80. The van der Waals surface area contributed by atoms with Gasteiger partial charge in [-0.25, -0.2) is 19.9 Å². The van der Waals surface area contributed by atoms with Crippen molar-refractivity contribution in [2.45, 2.75) is 25.4 Å².